The first kappa shape index (κ1) is 19.2. The van der Waals surface area contributed by atoms with Crippen LogP contribution in [-0.2, 0) is 0 Å². The zero-order chi connectivity index (χ0) is 20.4. The van der Waals surface area contributed by atoms with Crippen molar-refractivity contribution in [1.82, 2.24) is 0 Å². The van der Waals surface area contributed by atoms with E-state index in [1.807, 2.05) is 78.9 Å². The monoisotopic (exact) mass is 396 g/mol. The maximum Gasteiger partial charge on any atom is 0.344 e. The van der Waals surface area contributed by atoms with Crippen LogP contribution >= 0.6 is 0 Å². The van der Waals surface area contributed by atoms with Gasteiger partial charge in [0.15, 0.2) is 0 Å². The molecule has 0 fully saturated rings. The highest BCUT2D eigenvalue weighted by atomic mass is 28.3. The predicted molar refractivity (Wildman–Crippen MR) is 124 cm³/mol. The van der Waals surface area contributed by atoms with Gasteiger partial charge < -0.3 is 4.42 Å². The molecule has 0 amide bonds. The number of rotatable bonds is 4. The summed E-state index contributed by atoms with van der Waals surface area (Å²) >= 11 is 0. The third-order valence-electron chi connectivity index (χ3n) is 5.13. The van der Waals surface area contributed by atoms with Crippen molar-refractivity contribution in [1.29, 1.82) is 0 Å². The van der Waals surface area contributed by atoms with E-state index in [-0.39, 0.29) is 5.63 Å². The highest BCUT2D eigenvalue weighted by molar-refractivity contribution is 6.88. The van der Waals surface area contributed by atoms with Gasteiger partial charge in [-0.15, -0.1) is 0 Å². The van der Waals surface area contributed by atoms with Gasteiger partial charge in [-0.05, 0) is 17.2 Å². The van der Waals surface area contributed by atoms with Crippen LogP contribution in [0.5, 0.6) is 0 Å². The maximum atomic E-state index is 12.9. The zero-order valence-electron chi connectivity index (χ0n) is 17.0. The molecule has 0 aliphatic carbocycles. The van der Waals surface area contributed by atoms with E-state index in [4.69, 9.17) is 4.42 Å². The van der Waals surface area contributed by atoms with Crippen LogP contribution in [0.25, 0.3) is 33.6 Å². The minimum Gasteiger partial charge on any atom is -0.422 e. The molecule has 4 rings (SSSR count). The molecular weight excluding hydrogens is 372 g/mol. The molecule has 0 aliphatic rings. The first-order valence-corrected chi connectivity index (χ1v) is 13.3. The van der Waals surface area contributed by atoms with E-state index in [1.165, 1.54) is 5.19 Å². The highest BCUT2D eigenvalue weighted by Crippen LogP contribution is 2.33. The summed E-state index contributed by atoms with van der Waals surface area (Å²) in [6.07, 6.45) is 0. The zero-order valence-corrected chi connectivity index (χ0v) is 18.0. The lowest BCUT2D eigenvalue weighted by atomic mass is 9.97. The Morgan fingerprint density at radius 1 is 0.621 bits per heavy atom. The van der Waals surface area contributed by atoms with Crippen LogP contribution in [0.3, 0.4) is 0 Å². The molecule has 0 atom stereocenters. The molecule has 0 unspecified atom stereocenters. The van der Waals surface area contributed by atoms with E-state index >= 15 is 0 Å². The molecule has 144 valence electrons. The Kier molecular flexibility index (Phi) is 5.08. The Labute approximate surface area is 172 Å². The quantitative estimate of drug-likeness (QED) is 0.385. The normalized spacial score (nSPS) is 11.4. The van der Waals surface area contributed by atoms with Crippen LogP contribution in [0.15, 0.2) is 100 Å². The number of hydrogen-bond donors (Lipinski definition) is 0. The molecule has 0 aliphatic heterocycles. The van der Waals surface area contributed by atoms with Gasteiger partial charge in [0.05, 0.1) is 13.6 Å². The van der Waals surface area contributed by atoms with Crippen molar-refractivity contribution in [3.05, 3.63) is 101 Å². The largest absolute Gasteiger partial charge is 0.422 e. The summed E-state index contributed by atoms with van der Waals surface area (Å²) in [7, 11) is -1.39. The van der Waals surface area contributed by atoms with E-state index in [9.17, 15) is 4.79 Å². The van der Waals surface area contributed by atoms with E-state index in [0.717, 1.165) is 22.3 Å². The predicted octanol–water partition coefficient (Wildman–Crippen LogP) is 6.19. The van der Waals surface area contributed by atoms with Gasteiger partial charge in [-0.25, -0.2) is 4.79 Å². The molecule has 0 saturated carbocycles. The first-order chi connectivity index (χ1) is 13.9. The molecule has 3 heteroatoms. The molecule has 0 radical (unpaired) electrons. The summed E-state index contributed by atoms with van der Waals surface area (Å²) in [5.41, 5.74) is 3.99. The van der Waals surface area contributed by atoms with Crippen molar-refractivity contribution in [2.24, 2.45) is 0 Å². The molecule has 1 aromatic heterocycles. The molecule has 1 heterocycles. The molecule has 29 heavy (non-hydrogen) atoms. The van der Waals surface area contributed by atoms with Gasteiger partial charge in [-0.3, -0.25) is 0 Å². The highest BCUT2D eigenvalue weighted by Gasteiger charge is 2.18. The van der Waals surface area contributed by atoms with Crippen LogP contribution in [-0.4, -0.2) is 8.07 Å². The molecule has 0 saturated heterocycles. The molecular formula is C26H24O2Si. The molecule has 0 N–H and O–H groups in total. The Morgan fingerprint density at radius 3 is 1.69 bits per heavy atom. The molecule has 2 nitrogen and oxygen atoms in total. The Morgan fingerprint density at radius 2 is 1.14 bits per heavy atom. The summed E-state index contributed by atoms with van der Waals surface area (Å²) in [6.45, 7) is 6.95. The van der Waals surface area contributed by atoms with Crippen LogP contribution in [0, 0.1) is 0 Å². The second kappa shape index (κ2) is 7.68. The average molecular weight is 397 g/mol. The Bertz CT molecular complexity index is 1170. The van der Waals surface area contributed by atoms with Crippen molar-refractivity contribution in [2.45, 2.75) is 19.6 Å². The van der Waals surface area contributed by atoms with Crippen molar-refractivity contribution >= 4 is 13.3 Å². The lowest BCUT2D eigenvalue weighted by Crippen LogP contribution is -2.37. The molecule has 4 aromatic rings. The summed E-state index contributed by atoms with van der Waals surface area (Å²) in [5, 5.41) is 1.37. The summed E-state index contributed by atoms with van der Waals surface area (Å²) < 4.78 is 5.89. The smallest absolute Gasteiger partial charge is 0.344 e. The van der Waals surface area contributed by atoms with Crippen LogP contribution in [0.2, 0.25) is 19.6 Å². The Balaban J connectivity index is 1.90. The van der Waals surface area contributed by atoms with E-state index in [2.05, 4.69) is 31.8 Å². The fourth-order valence-electron chi connectivity index (χ4n) is 3.46. The van der Waals surface area contributed by atoms with Gasteiger partial charge in [0.1, 0.15) is 5.76 Å². The van der Waals surface area contributed by atoms with Crippen molar-refractivity contribution in [2.75, 3.05) is 0 Å². The number of benzene rings is 3. The van der Waals surface area contributed by atoms with E-state index in [0.29, 0.717) is 11.3 Å². The average Bonchev–Trinajstić information content (AvgIpc) is 2.74. The second-order valence-corrected chi connectivity index (χ2v) is 13.3. The lowest BCUT2D eigenvalue weighted by molar-refractivity contribution is 0.530. The summed E-state index contributed by atoms with van der Waals surface area (Å²) in [4.78, 5) is 12.9. The van der Waals surface area contributed by atoms with E-state index in [1.54, 1.807) is 0 Å². The van der Waals surface area contributed by atoms with Crippen LogP contribution in [0.1, 0.15) is 0 Å². The van der Waals surface area contributed by atoms with E-state index < -0.39 is 8.07 Å². The van der Waals surface area contributed by atoms with Crippen LogP contribution in [0.4, 0.5) is 0 Å². The van der Waals surface area contributed by atoms with Crippen molar-refractivity contribution < 1.29 is 4.42 Å². The molecule has 0 bridgehead atoms. The molecule has 3 aromatic carbocycles. The van der Waals surface area contributed by atoms with Gasteiger partial charge in [0, 0.05) is 11.1 Å². The van der Waals surface area contributed by atoms with Gasteiger partial charge in [-0.2, -0.15) is 0 Å². The van der Waals surface area contributed by atoms with Gasteiger partial charge in [-0.1, -0.05) is 110 Å². The fraction of sp³-hybridized carbons (Fsp3) is 0.115. The summed E-state index contributed by atoms with van der Waals surface area (Å²) in [6, 6.07) is 30.2. The SMILES string of the molecule is C[Si](C)(C)c1ccc(-c2cc(-c3ccccc3)c(-c3ccccc3)oc2=O)cc1. The fourth-order valence-corrected chi connectivity index (χ4v) is 4.63. The van der Waals surface area contributed by atoms with Gasteiger partial charge >= 0.3 is 5.63 Å². The topological polar surface area (TPSA) is 30.2 Å². The third-order valence-corrected chi connectivity index (χ3v) is 7.20. The van der Waals surface area contributed by atoms with Crippen molar-refractivity contribution in [3.63, 3.8) is 0 Å². The second-order valence-electron chi connectivity index (χ2n) is 8.25. The first-order valence-electron chi connectivity index (χ1n) is 9.83. The number of hydrogen-bond acceptors (Lipinski definition) is 2. The third kappa shape index (κ3) is 4.01. The maximum absolute atomic E-state index is 12.9. The lowest BCUT2D eigenvalue weighted by Gasteiger charge is -2.17. The minimum absolute atomic E-state index is 0.315. The van der Waals surface area contributed by atoms with Crippen LogP contribution < -0.4 is 10.8 Å². The minimum atomic E-state index is -1.39. The standard InChI is InChI=1S/C26H24O2Si/c1-29(2,3)22-16-14-20(15-17-22)24-18-23(19-10-6-4-7-11-19)25(28-26(24)27)21-12-8-5-9-13-21/h4-18H,1-3H3. The molecule has 0 spiro atoms. The van der Waals surface area contributed by atoms with Crippen molar-refractivity contribution in [3.8, 4) is 33.6 Å². The summed E-state index contributed by atoms with van der Waals surface area (Å²) in [5.74, 6) is 0.601. The van der Waals surface area contributed by atoms with Gasteiger partial charge in [0.2, 0.25) is 0 Å². The van der Waals surface area contributed by atoms with Gasteiger partial charge in [0.25, 0.3) is 0 Å². The Hall–Kier alpha value is -3.17.